The van der Waals surface area contributed by atoms with Gasteiger partial charge in [0.15, 0.2) is 0 Å². The molecule has 0 bridgehead atoms. The molecular weight excluding hydrogens is 154 g/mol. The van der Waals surface area contributed by atoms with Crippen LogP contribution < -0.4 is 10.6 Å². The zero-order valence-corrected chi connectivity index (χ0v) is 7.72. The normalized spacial score (nSPS) is 10.7. The van der Waals surface area contributed by atoms with Crippen molar-refractivity contribution in [2.75, 3.05) is 12.4 Å². The summed E-state index contributed by atoms with van der Waals surface area (Å²) < 4.78 is 5.17. The van der Waals surface area contributed by atoms with E-state index in [1.54, 1.807) is 6.26 Å². The number of nitrogens with one attached hydrogen (secondary N) is 2. The lowest BCUT2D eigenvalue weighted by atomic mass is 10.4. The first kappa shape index (κ1) is 9.06. The Kier molecular flexibility index (Phi) is 3.10. The van der Waals surface area contributed by atoms with Crippen LogP contribution in [-0.2, 0) is 6.54 Å². The van der Waals surface area contributed by atoms with Gasteiger partial charge < -0.3 is 15.1 Å². The van der Waals surface area contributed by atoms with E-state index in [1.165, 1.54) is 0 Å². The minimum Gasteiger partial charge on any atom is -0.432 e. The molecule has 0 saturated carbocycles. The van der Waals surface area contributed by atoms with Gasteiger partial charge in [-0.1, -0.05) is 0 Å². The number of hydrogen-bond acceptors (Lipinski definition) is 4. The Morgan fingerprint density at radius 2 is 2.33 bits per heavy atom. The van der Waals surface area contributed by atoms with E-state index in [1.807, 2.05) is 20.9 Å². The van der Waals surface area contributed by atoms with Crippen molar-refractivity contribution in [2.45, 2.75) is 26.4 Å². The molecule has 1 rings (SSSR count). The Bertz CT molecular complexity index is 232. The lowest BCUT2D eigenvalue weighted by Crippen LogP contribution is -2.10. The maximum absolute atomic E-state index is 5.17. The predicted molar refractivity (Wildman–Crippen MR) is 48.0 cm³/mol. The minimum atomic E-state index is 0.353. The van der Waals surface area contributed by atoms with Gasteiger partial charge in [-0.3, -0.25) is 0 Å². The molecule has 12 heavy (non-hydrogen) atoms. The summed E-state index contributed by atoms with van der Waals surface area (Å²) in [6.07, 6.45) is 1.65. The number of oxazole rings is 1. The van der Waals surface area contributed by atoms with Crippen LogP contribution in [0.25, 0.3) is 0 Å². The molecule has 0 unspecified atom stereocenters. The molecule has 68 valence electrons. The molecule has 1 aromatic rings. The van der Waals surface area contributed by atoms with Gasteiger partial charge in [0.2, 0.25) is 0 Å². The summed E-state index contributed by atoms with van der Waals surface area (Å²) in [5.74, 6) is 0. The topological polar surface area (TPSA) is 50.1 Å². The van der Waals surface area contributed by atoms with Crippen LogP contribution in [0.2, 0.25) is 0 Å². The molecule has 0 atom stereocenters. The van der Waals surface area contributed by atoms with Crippen LogP contribution in [0.5, 0.6) is 0 Å². The minimum absolute atomic E-state index is 0.353. The molecule has 0 aliphatic heterocycles. The molecule has 0 spiro atoms. The van der Waals surface area contributed by atoms with E-state index < -0.39 is 0 Å². The van der Waals surface area contributed by atoms with Crippen LogP contribution in [0.15, 0.2) is 10.7 Å². The van der Waals surface area contributed by atoms with Crippen molar-refractivity contribution in [1.82, 2.24) is 10.3 Å². The summed E-state index contributed by atoms with van der Waals surface area (Å²) in [5.41, 5.74) is 0.917. The number of anilines is 1. The van der Waals surface area contributed by atoms with E-state index in [0.29, 0.717) is 12.1 Å². The monoisotopic (exact) mass is 169 g/mol. The molecule has 0 aromatic carbocycles. The summed E-state index contributed by atoms with van der Waals surface area (Å²) in [7, 11) is 1.88. The number of rotatable bonds is 4. The maximum atomic E-state index is 5.17. The Hall–Kier alpha value is -1.03. The molecule has 1 heterocycles. The van der Waals surface area contributed by atoms with Crippen molar-refractivity contribution < 1.29 is 4.42 Å². The van der Waals surface area contributed by atoms with Crippen LogP contribution in [0, 0.1) is 0 Å². The lowest BCUT2D eigenvalue weighted by Gasteiger charge is -2.02. The fourth-order valence-electron chi connectivity index (χ4n) is 0.883. The quantitative estimate of drug-likeness (QED) is 0.711. The van der Waals surface area contributed by atoms with Crippen molar-refractivity contribution >= 4 is 6.01 Å². The van der Waals surface area contributed by atoms with E-state index in [9.17, 15) is 0 Å². The predicted octanol–water partition coefficient (Wildman–Crippen LogP) is 1.21. The summed E-state index contributed by atoms with van der Waals surface area (Å²) in [6, 6.07) is 0.946. The molecule has 0 amide bonds. The Labute approximate surface area is 72.4 Å². The molecular formula is C8H15N3O. The second-order valence-electron chi connectivity index (χ2n) is 2.97. The summed E-state index contributed by atoms with van der Waals surface area (Å²) in [5, 5.41) is 6.08. The second kappa shape index (κ2) is 4.11. The number of nitrogens with zero attached hydrogens (tertiary/aromatic N) is 1. The van der Waals surface area contributed by atoms with E-state index in [0.717, 1.165) is 12.2 Å². The summed E-state index contributed by atoms with van der Waals surface area (Å²) in [4.78, 5) is 4.20. The second-order valence-corrected chi connectivity index (χ2v) is 2.97. The zero-order chi connectivity index (χ0) is 8.97. The average Bonchev–Trinajstić information content (AvgIpc) is 2.36. The molecule has 1 aromatic heterocycles. The molecule has 0 aliphatic carbocycles. The van der Waals surface area contributed by atoms with Gasteiger partial charge in [-0.25, -0.2) is 0 Å². The van der Waals surface area contributed by atoms with E-state index in [4.69, 9.17) is 4.42 Å². The van der Waals surface area contributed by atoms with Crippen LogP contribution in [-0.4, -0.2) is 18.1 Å². The highest BCUT2D eigenvalue weighted by molar-refractivity contribution is 5.22. The molecule has 2 N–H and O–H groups in total. The molecule has 4 heteroatoms. The summed E-state index contributed by atoms with van der Waals surface area (Å²) >= 11 is 0. The van der Waals surface area contributed by atoms with Gasteiger partial charge in [-0.2, -0.15) is 4.98 Å². The van der Waals surface area contributed by atoms with Crippen molar-refractivity contribution in [1.29, 1.82) is 0 Å². The molecule has 0 radical (unpaired) electrons. The maximum Gasteiger partial charge on any atom is 0.294 e. The van der Waals surface area contributed by atoms with E-state index in [2.05, 4.69) is 15.6 Å². The average molecular weight is 169 g/mol. The summed E-state index contributed by atoms with van der Waals surface area (Å²) in [6.45, 7) is 4.83. The van der Waals surface area contributed by atoms with Crippen LogP contribution in [0.4, 0.5) is 6.01 Å². The van der Waals surface area contributed by atoms with Crippen molar-refractivity contribution in [3.63, 3.8) is 0 Å². The van der Waals surface area contributed by atoms with Gasteiger partial charge in [0.05, 0.1) is 5.69 Å². The third kappa shape index (κ3) is 2.54. The first-order chi connectivity index (χ1) is 5.72. The van der Waals surface area contributed by atoms with E-state index >= 15 is 0 Å². The Balaban J connectivity index is 2.52. The highest BCUT2D eigenvalue weighted by Crippen LogP contribution is 2.07. The first-order valence-electron chi connectivity index (χ1n) is 4.08. The van der Waals surface area contributed by atoms with Crippen molar-refractivity contribution in [3.05, 3.63) is 12.0 Å². The van der Waals surface area contributed by atoms with Crippen LogP contribution in [0.3, 0.4) is 0 Å². The van der Waals surface area contributed by atoms with Gasteiger partial charge in [0, 0.05) is 12.6 Å². The third-order valence-corrected chi connectivity index (χ3v) is 1.32. The Morgan fingerprint density at radius 3 is 2.92 bits per heavy atom. The van der Waals surface area contributed by atoms with Crippen LogP contribution >= 0.6 is 0 Å². The zero-order valence-electron chi connectivity index (χ0n) is 7.72. The SMILES string of the molecule is CNCc1coc(NC(C)C)n1. The molecule has 4 nitrogen and oxygen atoms in total. The smallest absolute Gasteiger partial charge is 0.294 e. The third-order valence-electron chi connectivity index (χ3n) is 1.32. The standard InChI is InChI=1S/C8H15N3O/c1-6(2)10-8-11-7(4-9-3)5-12-8/h5-6,9H,4H2,1-3H3,(H,10,11). The highest BCUT2D eigenvalue weighted by atomic mass is 16.4. The largest absolute Gasteiger partial charge is 0.432 e. The molecule has 0 fully saturated rings. The van der Waals surface area contributed by atoms with Gasteiger partial charge in [0.1, 0.15) is 6.26 Å². The fourth-order valence-corrected chi connectivity index (χ4v) is 0.883. The number of aromatic nitrogens is 1. The van der Waals surface area contributed by atoms with Crippen molar-refractivity contribution in [2.24, 2.45) is 0 Å². The van der Waals surface area contributed by atoms with Gasteiger partial charge in [-0.05, 0) is 20.9 Å². The van der Waals surface area contributed by atoms with E-state index in [-0.39, 0.29) is 0 Å². The lowest BCUT2D eigenvalue weighted by molar-refractivity contribution is 0.562. The first-order valence-corrected chi connectivity index (χ1v) is 4.08. The van der Waals surface area contributed by atoms with Gasteiger partial charge in [0.25, 0.3) is 6.01 Å². The fraction of sp³-hybridized carbons (Fsp3) is 0.625. The van der Waals surface area contributed by atoms with Crippen molar-refractivity contribution in [3.8, 4) is 0 Å². The van der Waals surface area contributed by atoms with Crippen LogP contribution in [0.1, 0.15) is 19.5 Å². The van der Waals surface area contributed by atoms with Gasteiger partial charge >= 0.3 is 0 Å². The molecule has 0 saturated heterocycles. The Morgan fingerprint density at radius 1 is 1.58 bits per heavy atom. The van der Waals surface area contributed by atoms with Gasteiger partial charge in [-0.15, -0.1) is 0 Å². The number of hydrogen-bond donors (Lipinski definition) is 2. The highest BCUT2D eigenvalue weighted by Gasteiger charge is 2.02. The molecule has 0 aliphatic rings.